The molecule has 27 heavy (non-hydrogen) atoms. The smallest absolute Gasteiger partial charge is 0.180 e. The van der Waals surface area contributed by atoms with Gasteiger partial charge in [0.2, 0.25) is 0 Å². The largest absolute Gasteiger partial charge is 0.358 e. The minimum absolute atomic E-state index is 0.536. The third-order valence-electron chi connectivity index (χ3n) is 4.24. The predicted octanol–water partition coefficient (Wildman–Crippen LogP) is 4.25. The molecule has 0 atom stereocenters. The van der Waals surface area contributed by atoms with Gasteiger partial charge in [-0.1, -0.05) is 48.6 Å². The average Bonchev–Trinajstić information content (AvgIpc) is 2.73. The molecule has 4 rings (SSSR count). The molecular weight excluding hydrogens is 354 g/mol. The van der Waals surface area contributed by atoms with Crippen molar-refractivity contribution < 1.29 is 0 Å². The van der Waals surface area contributed by atoms with E-state index in [4.69, 9.17) is 12.2 Å². The molecule has 0 amide bonds. The maximum absolute atomic E-state index is 5.38. The van der Waals surface area contributed by atoms with E-state index in [0.29, 0.717) is 23.1 Å². The third kappa shape index (κ3) is 4.35. The molecule has 0 spiro atoms. The molecule has 0 saturated carbocycles. The Hall–Kier alpha value is -3.12. The normalized spacial score (nSPS) is 13.3. The van der Waals surface area contributed by atoms with Crippen molar-refractivity contribution in [1.29, 1.82) is 0 Å². The molecular formula is C21H19N5S. The van der Waals surface area contributed by atoms with Crippen LogP contribution in [0.15, 0.2) is 72.5 Å². The van der Waals surface area contributed by atoms with Crippen molar-refractivity contribution in [2.75, 3.05) is 11.9 Å². The maximum atomic E-state index is 5.38. The number of aromatic nitrogens is 3. The molecule has 2 N–H and O–H groups in total. The lowest BCUT2D eigenvalue weighted by Crippen LogP contribution is -2.30. The summed E-state index contributed by atoms with van der Waals surface area (Å²) in [5.74, 6) is 0.646. The number of rotatable bonds is 4. The second kappa shape index (κ2) is 8.05. The number of anilines is 1. The van der Waals surface area contributed by atoms with Crippen molar-refractivity contribution in [3.63, 3.8) is 0 Å². The minimum Gasteiger partial charge on any atom is -0.358 e. The molecule has 1 aliphatic carbocycles. The number of fused-ring (bicyclic) bond motifs is 1. The molecule has 0 aliphatic heterocycles. The first-order valence-corrected chi connectivity index (χ1v) is 9.28. The zero-order valence-corrected chi connectivity index (χ0v) is 15.5. The predicted molar refractivity (Wildman–Crippen MR) is 113 cm³/mol. The quantitative estimate of drug-likeness (QED) is 0.667. The van der Waals surface area contributed by atoms with Gasteiger partial charge in [0.1, 0.15) is 11.3 Å². The Kier molecular flexibility index (Phi) is 5.16. The lowest BCUT2D eigenvalue weighted by Gasteiger charge is -2.12. The first-order valence-electron chi connectivity index (χ1n) is 8.87. The van der Waals surface area contributed by atoms with Gasteiger partial charge in [-0.2, -0.15) is 0 Å². The van der Waals surface area contributed by atoms with E-state index in [9.17, 15) is 0 Å². The average molecular weight is 373 g/mol. The van der Waals surface area contributed by atoms with E-state index < -0.39 is 0 Å². The van der Waals surface area contributed by atoms with Crippen molar-refractivity contribution in [3.05, 3.63) is 72.5 Å². The Morgan fingerprint density at radius 3 is 2.74 bits per heavy atom. The van der Waals surface area contributed by atoms with Crippen molar-refractivity contribution in [3.8, 4) is 11.3 Å². The van der Waals surface area contributed by atoms with Gasteiger partial charge < -0.3 is 10.6 Å². The molecule has 3 aromatic rings. The van der Waals surface area contributed by atoms with Gasteiger partial charge in [-0.05, 0) is 42.8 Å². The highest BCUT2D eigenvalue weighted by atomic mass is 32.1. The summed E-state index contributed by atoms with van der Waals surface area (Å²) in [5, 5.41) is 6.87. The fourth-order valence-electron chi connectivity index (χ4n) is 2.86. The molecule has 1 aliphatic rings. The summed E-state index contributed by atoms with van der Waals surface area (Å²) in [5.41, 5.74) is 4.39. The van der Waals surface area contributed by atoms with Gasteiger partial charge >= 0.3 is 0 Å². The molecule has 2 aromatic heterocycles. The molecule has 5 nitrogen and oxygen atoms in total. The number of benzene rings is 1. The first kappa shape index (κ1) is 17.3. The van der Waals surface area contributed by atoms with E-state index >= 15 is 0 Å². The Balaban J connectivity index is 1.48. The lowest BCUT2D eigenvalue weighted by molar-refractivity contribution is 0.954. The number of allylic oxidation sites excluding steroid dienone is 2. The van der Waals surface area contributed by atoms with E-state index in [-0.39, 0.29) is 0 Å². The Bertz CT molecular complexity index is 1030. The number of nitrogens with zero attached hydrogens (tertiary/aromatic N) is 3. The standard InChI is InChI=1S/C21H19N5S/c27-21(23-13-15-7-3-1-4-8-15)26-19-12-11-17-20(25-19)24-18(14-22-17)16-9-5-2-6-10-16/h2-3,5-12,14H,1,4,13H2,(H2,23,24,25,26,27). The van der Waals surface area contributed by atoms with Crippen LogP contribution in [0.3, 0.4) is 0 Å². The Labute approximate surface area is 163 Å². The van der Waals surface area contributed by atoms with E-state index in [2.05, 4.69) is 43.8 Å². The molecule has 1 aromatic carbocycles. The summed E-state index contributed by atoms with van der Waals surface area (Å²) in [6.07, 6.45) is 10.5. The second-order valence-electron chi connectivity index (χ2n) is 6.23. The number of nitrogens with one attached hydrogen (secondary N) is 2. The van der Waals surface area contributed by atoms with E-state index in [1.165, 1.54) is 5.57 Å². The van der Waals surface area contributed by atoms with Crippen LogP contribution < -0.4 is 10.6 Å². The van der Waals surface area contributed by atoms with Crippen LogP contribution in [0.4, 0.5) is 5.82 Å². The highest BCUT2D eigenvalue weighted by molar-refractivity contribution is 7.80. The van der Waals surface area contributed by atoms with Crippen LogP contribution in [0.1, 0.15) is 12.8 Å². The fraction of sp³-hybridized carbons (Fsp3) is 0.143. The SMILES string of the molecule is S=C(NCC1=CCCC=C1)Nc1ccc2ncc(-c3ccccc3)nc2n1. The number of hydrogen-bond acceptors (Lipinski definition) is 4. The van der Waals surface area contributed by atoms with Gasteiger partial charge in [-0.25, -0.2) is 9.97 Å². The van der Waals surface area contributed by atoms with Crippen LogP contribution in [0, 0.1) is 0 Å². The van der Waals surface area contributed by atoms with E-state index in [1.807, 2.05) is 42.5 Å². The number of pyridine rings is 1. The zero-order chi connectivity index (χ0) is 18.5. The van der Waals surface area contributed by atoms with Crippen LogP contribution >= 0.6 is 12.2 Å². The van der Waals surface area contributed by atoms with Gasteiger partial charge in [0.25, 0.3) is 0 Å². The van der Waals surface area contributed by atoms with Gasteiger partial charge in [0.15, 0.2) is 10.8 Å². The molecule has 134 valence electrons. The topological polar surface area (TPSA) is 62.7 Å². The molecule has 0 saturated heterocycles. The molecule has 6 heteroatoms. The minimum atomic E-state index is 0.536. The monoisotopic (exact) mass is 373 g/mol. The van der Waals surface area contributed by atoms with Crippen molar-refractivity contribution in [2.24, 2.45) is 0 Å². The van der Waals surface area contributed by atoms with Crippen molar-refractivity contribution in [2.45, 2.75) is 12.8 Å². The second-order valence-corrected chi connectivity index (χ2v) is 6.64. The highest BCUT2D eigenvalue weighted by Gasteiger charge is 2.06. The van der Waals surface area contributed by atoms with Crippen molar-refractivity contribution >= 4 is 34.3 Å². The van der Waals surface area contributed by atoms with Crippen molar-refractivity contribution in [1.82, 2.24) is 20.3 Å². The van der Waals surface area contributed by atoms with E-state index in [1.54, 1.807) is 6.20 Å². The van der Waals surface area contributed by atoms with Crippen LogP contribution in [-0.4, -0.2) is 26.6 Å². The lowest BCUT2D eigenvalue weighted by atomic mass is 10.1. The third-order valence-corrected chi connectivity index (χ3v) is 4.49. The summed E-state index contributed by atoms with van der Waals surface area (Å²) in [4.78, 5) is 13.7. The molecule has 0 radical (unpaired) electrons. The van der Waals surface area contributed by atoms with Gasteiger partial charge in [-0.15, -0.1) is 0 Å². The first-order chi connectivity index (χ1) is 13.3. The van der Waals surface area contributed by atoms with E-state index in [0.717, 1.165) is 29.6 Å². The Morgan fingerprint density at radius 1 is 1.04 bits per heavy atom. The summed E-state index contributed by atoms with van der Waals surface area (Å²) in [6, 6.07) is 13.7. The maximum Gasteiger partial charge on any atom is 0.180 e. The van der Waals surface area contributed by atoms with Gasteiger partial charge in [0.05, 0.1) is 11.9 Å². The van der Waals surface area contributed by atoms with Crippen LogP contribution in [-0.2, 0) is 0 Å². The van der Waals surface area contributed by atoms with Gasteiger partial charge in [-0.3, -0.25) is 4.98 Å². The number of thiocarbonyl (C=S) groups is 1. The summed E-state index contributed by atoms with van der Waals surface area (Å²) in [7, 11) is 0. The van der Waals surface area contributed by atoms with Crippen LogP contribution in [0.2, 0.25) is 0 Å². The fourth-order valence-corrected chi connectivity index (χ4v) is 3.03. The molecule has 0 bridgehead atoms. The summed E-state index contributed by atoms with van der Waals surface area (Å²) in [6.45, 7) is 0.702. The van der Waals surface area contributed by atoms with Crippen LogP contribution in [0.25, 0.3) is 22.4 Å². The summed E-state index contributed by atoms with van der Waals surface area (Å²) < 4.78 is 0. The molecule has 0 fully saturated rings. The molecule has 0 unspecified atom stereocenters. The molecule has 2 heterocycles. The summed E-state index contributed by atoms with van der Waals surface area (Å²) >= 11 is 5.38. The Morgan fingerprint density at radius 2 is 1.93 bits per heavy atom. The number of hydrogen-bond donors (Lipinski definition) is 2. The zero-order valence-electron chi connectivity index (χ0n) is 14.7. The van der Waals surface area contributed by atoms with Gasteiger partial charge in [0, 0.05) is 12.1 Å². The highest BCUT2D eigenvalue weighted by Crippen LogP contribution is 2.19. The van der Waals surface area contributed by atoms with Crippen LogP contribution in [0.5, 0.6) is 0 Å².